The number of rotatable bonds is 7. The predicted octanol–water partition coefficient (Wildman–Crippen LogP) is 3.05. The summed E-state index contributed by atoms with van der Waals surface area (Å²) >= 11 is 11.7. The number of hydrogen-bond donors (Lipinski definition) is 2. The maximum atomic E-state index is 11.9. The van der Waals surface area contributed by atoms with E-state index >= 15 is 0 Å². The molecule has 0 radical (unpaired) electrons. The van der Waals surface area contributed by atoms with E-state index in [4.69, 9.17) is 23.2 Å². The van der Waals surface area contributed by atoms with Crippen molar-refractivity contribution in [1.82, 2.24) is 15.5 Å². The fourth-order valence-corrected chi connectivity index (χ4v) is 2.03. The predicted molar refractivity (Wildman–Crippen MR) is 89.2 cm³/mol. The van der Waals surface area contributed by atoms with Gasteiger partial charge in [0.05, 0.1) is 10.0 Å². The fourth-order valence-electron chi connectivity index (χ4n) is 1.71. The maximum Gasteiger partial charge on any atom is 0.317 e. The van der Waals surface area contributed by atoms with E-state index in [1.807, 2.05) is 0 Å². The monoisotopic (exact) mass is 345 g/mol. The zero-order chi connectivity index (χ0) is 16.5. The molecular formula is C15H21Cl2N3O2. The molecule has 22 heavy (non-hydrogen) atoms. The van der Waals surface area contributed by atoms with Gasteiger partial charge in [0.2, 0.25) is 5.91 Å². The number of hydrogen-bond acceptors (Lipinski definition) is 2. The Morgan fingerprint density at radius 1 is 1.18 bits per heavy atom. The largest absolute Gasteiger partial charge is 0.355 e. The molecule has 0 bridgehead atoms. The van der Waals surface area contributed by atoms with Crippen LogP contribution in [0.15, 0.2) is 18.2 Å². The van der Waals surface area contributed by atoms with Gasteiger partial charge in [-0.15, -0.1) is 0 Å². The van der Waals surface area contributed by atoms with E-state index in [1.165, 1.54) is 4.90 Å². The van der Waals surface area contributed by atoms with Crippen LogP contribution in [0.3, 0.4) is 0 Å². The van der Waals surface area contributed by atoms with Crippen LogP contribution in [0.1, 0.15) is 25.3 Å². The average Bonchev–Trinajstić information content (AvgIpc) is 2.48. The number of nitrogens with zero attached hydrogens (tertiary/aromatic N) is 1. The van der Waals surface area contributed by atoms with Gasteiger partial charge in [-0.2, -0.15) is 0 Å². The molecule has 0 fully saturated rings. The van der Waals surface area contributed by atoms with E-state index in [0.29, 0.717) is 23.1 Å². The number of carbonyl (C=O) groups excluding carboxylic acids is 2. The quantitative estimate of drug-likeness (QED) is 0.746. The highest BCUT2D eigenvalue weighted by molar-refractivity contribution is 6.42. The summed E-state index contributed by atoms with van der Waals surface area (Å²) in [6, 6.07) is 4.83. The Hall–Kier alpha value is -1.46. The van der Waals surface area contributed by atoms with Crippen LogP contribution in [0.4, 0.5) is 4.79 Å². The van der Waals surface area contributed by atoms with Crippen molar-refractivity contribution >= 4 is 35.1 Å². The molecule has 0 spiro atoms. The number of carbonyl (C=O) groups is 2. The molecular weight excluding hydrogens is 325 g/mol. The zero-order valence-corrected chi connectivity index (χ0v) is 14.3. The molecule has 1 rings (SSSR count). The molecule has 0 heterocycles. The minimum Gasteiger partial charge on any atom is -0.355 e. The zero-order valence-electron chi connectivity index (χ0n) is 12.8. The lowest BCUT2D eigenvalue weighted by molar-refractivity contribution is -0.121. The first-order valence-electron chi connectivity index (χ1n) is 7.13. The van der Waals surface area contributed by atoms with Gasteiger partial charge in [0, 0.05) is 20.1 Å². The van der Waals surface area contributed by atoms with Crippen LogP contribution < -0.4 is 10.6 Å². The summed E-state index contributed by atoms with van der Waals surface area (Å²) in [6.07, 6.45) is 1.94. The molecule has 0 unspecified atom stereocenters. The van der Waals surface area contributed by atoms with Crippen LogP contribution in [-0.2, 0) is 11.3 Å². The first-order chi connectivity index (χ1) is 10.4. The standard InChI is InChI=1S/C15H21Cl2N3O2/c1-3-4-7-18-14(21)10-20(2)15(22)19-9-11-5-6-12(16)13(17)8-11/h5-6,8H,3-4,7,9-10H2,1-2H3,(H,18,21)(H,19,22). The molecule has 7 heteroatoms. The van der Waals surface area contributed by atoms with Gasteiger partial charge in [-0.1, -0.05) is 42.6 Å². The highest BCUT2D eigenvalue weighted by Gasteiger charge is 2.12. The number of unbranched alkanes of at least 4 members (excludes halogenated alkanes) is 1. The van der Waals surface area contributed by atoms with Crippen LogP contribution in [0.5, 0.6) is 0 Å². The Bertz CT molecular complexity index is 524. The van der Waals surface area contributed by atoms with E-state index in [1.54, 1.807) is 25.2 Å². The van der Waals surface area contributed by atoms with Crippen LogP contribution in [0.25, 0.3) is 0 Å². The van der Waals surface area contributed by atoms with Crippen molar-refractivity contribution in [2.24, 2.45) is 0 Å². The number of benzene rings is 1. The lowest BCUT2D eigenvalue weighted by atomic mass is 10.2. The fraction of sp³-hybridized carbons (Fsp3) is 0.467. The van der Waals surface area contributed by atoms with Gasteiger partial charge in [0.25, 0.3) is 0 Å². The number of nitrogens with one attached hydrogen (secondary N) is 2. The Morgan fingerprint density at radius 2 is 1.91 bits per heavy atom. The van der Waals surface area contributed by atoms with E-state index in [0.717, 1.165) is 18.4 Å². The van der Waals surface area contributed by atoms with Crippen molar-refractivity contribution in [2.45, 2.75) is 26.3 Å². The Balaban J connectivity index is 2.37. The van der Waals surface area contributed by atoms with Crippen molar-refractivity contribution in [2.75, 3.05) is 20.1 Å². The topological polar surface area (TPSA) is 61.4 Å². The molecule has 0 saturated heterocycles. The van der Waals surface area contributed by atoms with Gasteiger partial charge < -0.3 is 15.5 Å². The summed E-state index contributed by atoms with van der Waals surface area (Å²) in [5.74, 6) is -0.166. The summed E-state index contributed by atoms with van der Waals surface area (Å²) in [6.45, 7) is 3.03. The second kappa shape index (κ2) is 9.54. The summed E-state index contributed by atoms with van der Waals surface area (Å²) < 4.78 is 0. The lowest BCUT2D eigenvalue weighted by Crippen LogP contribution is -2.43. The first kappa shape index (κ1) is 18.6. The summed E-state index contributed by atoms with van der Waals surface area (Å²) in [5, 5.41) is 6.40. The number of halogens is 2. The second-order valence-electron chi connectivity index (χ2n) is 4.97. The van der Waals surface area contributed by atoms with Crippen LogP contribution >= 0.6 is 23.2 Å². The normalized spacial score (nSPS) is 10.2. The summed E-state index contributed by atoms with van der Waals surface area (Å²) in [7, 11) is 1.57. The summed E-state index contributed by atoms with van der Waals surface area (Å²) in [5.41, 5.74) is 0.837. The highest BCUT2D eigenvalue weighted by atomic mass is 35.5. The Kier molecular flexibility index (Phi) is 8.06. The van der Waals surface area contributed by atoms with E-state index in [9.17, 15) is 9.59 Å². The van der Waals surface area contributed by atoms with Crippen LogP contribution in [0.2, 0.25) is 10.0 Å². The molecule has 122 valence electrons. The molecule has 0 aromatic heterocycles. The van der Waals surface area contributed by atoms with Crippen molar-refractivity contribution in [3.05, 3.63) is 33.8 Å². The van der Waals surface area contributed by atoms with Crippen molar-refractivity contribution in [1.29, 1.82) is 0 Å². The van der Waals surface area contributed by atoms with Crippen molar-refractivity contribution in [3.8, 4) is 0 Å². The Labute approximate surface area is 141 Å². The third-order valence-corrected chi connectivity index (χ3v) is 3.75. The maximum absolute atomic E-state index is 11.9. The van der Waals surface area contributed by atoms with Gasteiger partial charge in [-0.05, 0) is 24.1 Å². The minimum atomic E-state index is -0.322. The Morgan fingerprint density at radius 3 is 2.55 bits per heavy atom. The lowest BCUT2D eigenvalue weighted by Gasteiger charge is -2.17. The second-order valence-corrected chi connectivity index (χ2v) is 5.78. The number of urea groups is 1. The number of amides is 3. The van der Waals surface area contributed by atoms with E-state index in [2.05, 4.69) is 17.6 Å². The SMILES string of the molecule is CCCCNC(=O)CN(C)C(=O)NCc1ccc(Cl)c(Cl)c1. The van der Waals surface area contributed by atoms with Crippen molar-refractivity contribution < 1.29 is 9.59 Å². The van der Waals surface area contributed by atoms with Crippen LogP contribution in [0, 0.1) is 0 Å². The van der Waals surface area contributed by atoms with Gasteiger partial charge >= 0.3 is 6.03 Å². The third-order valence-electron chi connectivity index (χ3n) is 3.01. The van der Waals surface area contributed by atoms with Gasteiger partial charge in [0.1, 0.15) is 6.54 Å². The molecule has 5 nitrogen and oxygen atoms in total. The van der Waals surface area contributed by atoms with E-state index in [-0.39, 0.29) is 18.5 Å². The molecule has 0 atom stereocenters. The number of likely N-dealkylation sites (N-methyl/N-ethyl adjacent to an activating group) is 1. The molecule has 1 aromatic carbocycles. The summed E-state index contributed by atoms with van der Waals surface area (Å²) in [4.78, 5) is 24.9. The smallest absolute Gasteiger partial charge is 0.317 e. The van der Waals surface area contributed by atoms with Gasteiger partial charge in [0.15, 0.2) is 0 Å². The van der Waals surface area contributed by atoms with Crippen LogP contribution in [-0.4, -0.2) is 37.0 Å². The minimum absolute atomic E-state index is 0.0247. The highest BCUT2D eigenvalue weighted by Crippen LogP contribution is 2.22. The molecule has 0 aliphatic rings. The third kappa shape index (κ3) is 6.54. The molecule has 3 amide bonds. The molecule has 0 saturated carbocycles. The molecule has 1 aromatic rings. The molecule has 0 aliphatic carbocycles. The van der Waals surface area contributed by atoms with E-state index < -0.39 is 0 Å². The molecule has 0 aliphatic heterocycles. The first-order valence-corrected chi connectivity index (χ1v) is 7.89. The molecule has 2 N–H and O–H groups in total. The average molecular weight is 346 g/mol. The van der Waals surface area contributed by atoms with Gasteiger partial charge in [-0.3, -0.25) is 4.79 Å². The van der Waals surface area contributed by atoms with Gasteiger partial charge in [-0.25, -0.2) is 4.79 Å². The van der Waals surface area contributed by atoms with Crippen molar-refractivity contribution in [3.63, 3.8) is 0 Å².